The summed E-state index contributed by atoms with van der Waals surface area (Å²) in [7, 11) is 0. The Bertz CT molecular complexity index is 1070. The number of amides is 2. The van der Waals surface area contributed by atoms with Crippen molar-refractivity contribution in [1.82, 2.24) is 10.2 Å². The van der Waals surface area contributed by atoms with Crippen LogP contribution in [0.2, 0.25) is 0 Å². The molecule has 8 heteroatoms. The molecule has 1 aromatic carbocycles. The number of benzene rings is 1. The van der Waals surface area contributed by atoms with E-state index in [-0.39, 0.29) is 5.91 Å². The molecule has 7 nitrogen and oxygen atoms in total. The lowest BCUT2D eigenvalue weighted by atomic mass is 10.1. The third-order valence-corrected chi connectivity index (χ3v) is 5.47. The Labute approximate surface area is 165 Å². The van der Waals surface area contributed by atoms with E-state index in [0.29, 0.717) is 35.3 Å². The fourth-order valence-corrected chi connectivity index (χ4v) is 3.95. The molecule has 140 valence electrons. The second kappa shape index (κ2) is 7.68. The van der Waals surface area contributed by atoms with Crippen LogP contribution in [0.15, 0.2) is 36.4 Å². The van der Waals surface area contributed by atoms with Crippen LogP contribution in [0.3, 0.4) is 0 Å². The minimum atomic E-state index is -0.515. The molecule has 3 aromatic rings. The molecule has 0 aliphatic carbocycles. The zero-order valence-electron chi connectivity index (χ0n) is 14.7. The van der Waals surface area contributed by atoms with Gasteiger partial charge in [-0.2, -0.15) is 5.10 Å². The maximum Gasteiger partial charge on any atom is 0.300 e. The number of fused-ring (bicyclic) bond motifs is 1. The van der Waals surface area contributed by atoms with Gasteiger partial charge in [-0.25, -0.2) is 0 Å². The first-order valence-electron chi connectivity index (χ1n) is 8.56. The average molecular weight is 392 g/mol. The third kappa shape index (κ3) is 3.81. The van der Waals surface area contributed by atoms with E-state index in [1.165, 1.54) is 16.2 Å². The van der Waals surface area contributed by atoms with Crippen LogP contribution >= 0.6 is 11.3 Å². The lowest BCUT2D eigenvalue weighted by Crippen LogP contribution is -2.10. The Morgan fingerprint density at radius 2 is 2.14 bits per heavy atom. The van der Waals surface area contributed by atoms with E-state index in [4.69, 9.17) is 11.2 Å². The van der Waals surface area contributed by atoms with Gasteiger partial charge < -0.3 is 15.4 Å². The van der Waals surface area contributed by atoms with E-state index in [2.05, 4.69) is 20.8 Å². The van der Waals surface area contributed by atoms with Gasteiger partial charge in [-0.3, -0.25) is 14.7 Å². The van der Waals surface area contributed by atoms with Gasteiger partial charge in [0.15, 0.2) is 5.82 Å². The summed E-state index contributed by atoms with van der Waals surface area (Å²) in [6.45, 7) is 1.25. The summed E-state index contributed by atoms with van der Waals surface area (Å²) in [5.74, 6) is 1.71. The SMILES string of the molecule is C#CC(=O)Nc1cccc(-c2cc(NC(=O)c3cc4c(s3)CCOC4)n[nH]2)c1. The lowest BCUT2D eigenvalue weighted by molar-refractivity contribution is -0.111. The topological polar surface area (TPSA) is 96.1 Å². The second-order valence-electron chi connectivity index (χ2n) is 6.16. The van der Waals surface area contributed by atoms with Crippen LogP contribution in [-0.4, -0.2) is 28.6 Å². The van der Waals surface area contributed by atoms with Crippen LogP contribution in [0.25, 0.3) is 11.3 Å². The van der Waals surface area contributed by atoms with E-state index in [1.807, 2.05) is 18.1 Å². The van der Waals surface area contributed by atoms with Crippen molar-refractivity contribution in [2.45, 2.75) is 13.0 Å². The van der Waals surface area contributed by atoms with Crippen molar-refractivity contribution in [3.63, 3.8) is 0 Å². The van der Waals surface area contributed by atoms with Crippen molar-refractivity contribution in [2.24, 2.45) is 0 Å². The van der Waals surface area contributed by atoms with Gasteiger partial charge in [0.05, 0.1) is 23.8 Å². The Morgan fingerprint density at radius 1 is 1.25 bits per heavy atom. The summed E-state index contributed by atoms with van der Waals surface area (Å²) in [5.41, 5.74) is 3.15. The number of carbonyl (C=O) groups excluding carboxylic acids is 2. The number of hydrogen-bond donors (Lipinski definition) is 3. The lowest BCUT2D eigenvalue weighted by Gasteiger charge is -2.10. The first-order chi connectivity index (χ1) is 13.6. The number of aromatic nitrogens is 2. The van der Waals surface area contributed by atoms with Crippen molar-refractivity contribution in [3.8, 4) is 23.6 Å². The molecule has 3 N–H and O–H groups in total. The summed E-state index contributed by atoms with van der Waals surface area (Å²) < 4.78 is 5.42. The number of nitrogens with one attached hydrogen (secondary N) is 3. The monoisotopic (exact) mass is 392 g/mol. The molecule has 3 heterocycles. The minimum Gasteiger partial charge on any atom is -0.376 e. The molecule has 1 aliphatic heterocycles. The zero-order chi connectivity index (χ0) is 19.5. The number of carbonyl (C=O) groups is 2. The quantitative estimate of drug-likeness (QED) is 0.595. The molecule has 0 atom stereocenters. The fourth-order valence-electron chi connectivity index (χ4n) is 2.90. The fraction of sp³-hybridized carbons (Fsp3) is 0.150. The molecule has 0 spiro atoms. The molecule has 2 amide bonds. The second-order valence-corrected chi connectivity index (χ2v) is 7.30. The van der Waals surface area contributed by atoms with E-state index in [1.54, 1.807) is 24.3 Å². The summed E-state index contributed by atoms with van der Waals surface area (Å²) in [6, 6.07) is 10.8. The molecule has 0 saturated heterocycles. The maximum atomic E-state index is 12.5. The number of terminal acetylenes is 1. The number of aromatic amines is 1. The van der Waals surface area contributed by atoms with Crippen molar-refractivity contribution in [3.05, 3.63) is 51.7 Å². The highest BCUT2D eigenvalue weighted by atomic mass is 32.1. The Morgan fingerprint density at radius 3 is 2.96 bits per heavy atom. The Balaban J connectivity index is 1.48. The molecule has 0 unspecified atom stereocenters. The summed E-state index contributed by atoms with van der Waals surface area (Å²) >= 11 is 1.49. The van der Waals surface area contributed by atoms with Gasteiger partial charge >= 0.3 is 0 Å². The average Bonchev–Trinajstić information content (AvgIpc) is 3.35. The number of thiophene rings is 1. The molecule has 0 bridgehead atoms. The number of H-pyrrole nitrogens is 1. The highest BCUT2D eigenvalue weighted by Crippen LogP contribution is 2.28. The van der Waals surface area contributed by atoms with Crippen LogP contribution in [0.1, 0.15) is 20.1 Å². The summed E-state index contributed by atoms with van der Waals surface area (Å²) in [4.78, 5) is 25.7. The van der Waals surface area contributed by atoms with Crippen LogP contribution in [0, 0.1) is 12.3 Å². The molecule has 1 aliphatic rings. The van der Waals surface area contributed by atoms with Gasteiger partial charge in [0.1, 0.15) is 0 Å². The Kier molecular flexibility index (Phi) is 4.93. The van der Waals surface area contributed by atoms with Gasteiger partial charge in [0, 0.05) is 28.6 Å². The summed E-state index contributed by atoms with van der Waals surface area (Å²) in [6.07, 6.45) is 5.91. The van der Waals surface area contributed by atoms with Crippen molar-refractivity contribution in [1.29, 1.82) is 0 Å². The zero-order valence-corrected chi connectivity index (χ0v) is 15.6. The van der Waals surface area contributed by atoms with Crippen molar-refractivity contribution in [2.75, 3.05) is 17.2 Å². The van der Waals surface area contributed by atoms with Gasteiger partial charge in [0.2, 0.25) is 0 Å². The molecule has 28 heavy (non-hydrogen) atoms. The van der Waals surface area contributed by atoms with Crippen LogP contribution in [-0.2, 0) is 22.6 Å². The molecule has 4 rings (SSSR count). The highest BCUT2D eigenvalue weighted by Gasteiger charge is 2.18. The Hall–Kier alpha value is -3.41. The maximum absolute atomic E-state index is 12.5. The molecule has 0 saturated carbocycles. The van der Waals surface area contributed by atoms with Gasteiger partial charge in [-0.05, 0) is 29.7 Å². The molecule has 0 radical (unpaired) electrons. The first-order valence-corrected chi connectivity index (χ1v) is 9.38. The predicted octanol–water partition coefficient (Wildman–Crippen LogP) is 3.03. The number of rotatable bonds is 4. The smallest absolute Gasteiger partial charge is 0.300 e. The largest absolute Gasteiger partial charge is 0.376 e. The molecule has 0 fully saturated rings. The van der Waals surface area contributed by atoms with Gasteiger partial charge in [0.25, 0.3) is 11.8 Å². The van der Waals surface area contributed by atoms with Crippen LogP contribution < -0.4 is 10.6 Å². The van der Waals surface area contributed by atoms with E-state index in [0.717, 1.165) is 17.5 Å². The molecular weight excluding hydrogens is 376 g/mol. The van der Waals surface area contributed by atoms with E-state index < -0.39 is 5.91 Å². The molecule has 2 aromatic heterocycles. The van der Waals surface area contributed by atoms with Crippen molar-refractivity contribution < 1.29 is 14.3 Å². The number of ether oxygens (including phenoxy) is 1. The van der Waals surface area contributed by atoms with Gasteiger partial charge in [-0.15, -0.1) is 17.8 Å². The number of anilines is 2. The summed E-state index contributed by atoms with van der Waals surface area (Å²) in [5, 5.41) is 12.4. The minimum absolute atomic E-state index is 0.201. The van der Waals surface area contributed by atoms with E-state index >= 15 is 0 Å². The predicted molar refractivity (Wildman–Crippen MR) is 107 cm³/mol. The highest BCUT2D eigenvalue weighted by molar-refractivity contribution is 7.14. The first kappa shape index (κ1) is 18.0. The van der Waals surface area contributed by atoms with Crippen LogP contribution in [0.5, 0.6) is 0 Å². The van der Waals surface area contributed by atoms with Gasteiger partial charge in [-0.1, -0.05) is 12.1 Å². The normalized spacial score (nSPS) is 12.7. The number of hydrogen-bond acceptors (Lipinski definition) is 5. The third-order valence-electron chi connectivity index (χ3n) is 4.23. The van der Waals surface area contributed by atoms with E-state index in [9.17, 15) is 9.59 Å². The standard InChI is InChI=1S/C20H16N4O3S/c1-2-19(25)21-14-5-3-4-12(8-14)15-10-18(24-23-15)22-20(26)17-9-13-11-27-7-6-16(13)28-17/h1,3-5,8-10H,6-7,11H2,(H,21,25)(H2,22,23,24,26). The van der Waals surface area contributed by atoms with Crippen molar-refractivity contribution >= 4 is 34.7 Å². The molecular formula is C20H16N4O3S. The van der Waals surface area contributed by atoms with Crippen LogP contribution in [0.4, 0.5) is 11.5 Å². The number of nitrogens with zero attached hydrogens (tertiary/aromatic N) is 1.